The van der Waals surface area contributed by atoms with Crippen LogP contribution in [-0.4, -0.2) is 46.3 Å². The molecule has 1 saturated heterocycles. The quantitative estimate of drug-likeness (QED) is 0.589. The number of benzene rings is 2. The number of aromatic amines is 1. The van der Waals surface area contributed by atoms with E-state index >= 15 is 0 Å². The number of para-hydroxylation sites is 1. The Bertz CT molecular complexity index is 1160. The van der Waals surface area contributed by atoms with Crippen molar-refractivity contribution in [2.75, 3.05) is 29.9 Å². The van der Waals surface area contributed by atoms with Gasteiger partial charge < -0.3 is 15.2 Å². The third-order valence-corrected chi connectivity index (χ3v) is 6.81. The Morgan fingerprint density at radius 3 is 2.76 bits per heavy atom. The predicted molar refractivity (Wildman–Crippen MR) is 130 cm³/mol. The van der Waals surface area contributed by atoms with Crippen LogP contribution < -0.4 is 10.2 Å². The van der Waals surface area contributed by atoms with Gasteiger partial charge in [0, 0.05) is 37.2 Å². The number of carbonyl (C=O) groups is 2. The first-order valence-electron chi connectivity index (χ1n) is 11.9. The number of hydrogen-bond acceptors (Lipinski definition) is 4. The lowest BCUT2D eigenvalue weighted by Crippen LogP contribution is -2.29. The number of fused-ring (bicyclic) bond motifs is 2. The van der Waals surface area contributed by atoms with Crippen molar-refractivity contribution >= 4 is 34.2 Å². The summed E-state index contributed by atoms with van der Waals surface area (Å²) in [5.41, 5.74) is 4.77. The standard InChI is InChI=1S/C26H31N5O2/c1-18(32)31-16-19(21-7-3-4-8-24(21)31)9-12-26(33)27-20-10-11-22-23(15-20)29-25(28-22)17-30-13-5-2-6-14-30/h3-4,7-8,10-11,15,19H,2,5-6,9,12-14,16-17H2,1H3,(H,27,33)(H,28,29). The summed E-state index contributed by atoms with van der Waals surface area (Å²) in [6.45, 7) is 5.34. The van der Waals surface area contributed by atoms with E-state index in [1.807, 2.05) is 41.3 Å². The SMILES string of the molecule is CC(=O)N1CC(CCC(=O)Nc2ccc3nc(CN4CCCCC4)[nH]c3c2)c2ccccc21. The van der Waals surface area contributed by atoms with Crippen molar-refractivity contribution in [3.63, 3.8) is 0 Å². The number of nitrogens with one attached hydrogen (secondary N) is 2. The molecular formula is C26H31N5O2. The van der Waals surface area contributed by atoms with Gasteiger partial charge in [0.25, 0.3) is 0 Å². The summed E-state index contributed by atoms with van der Waals surface area (Å²) in [5, 5.41) is 3.03. The zero-order valence-corrected chi connectivity index (χ0v) is 19.1. The monoisotopic (exact) mass is 445 g/mol. The number of nitrogens with zero attached hydrogens (tertiary/aromatic N) is 3. The number of carbonyl (C=O) groups excluding carboxylic acids is 2. The van der Waals surface area contributed by atoms with Crippen molar-refractivity contribution in [1.82, 2.24) is 14.9 Å². The van der Waals surface area contributed by atoms with Crippen molar-refractivity contribution in [2.24, 2.45) is 0 Å². The lowest BCUT2D eigenvalue weighted by molar-refractivity contribution is -0.116. The first-order chi connectivity index (χ1) is 16.1. The van der Waals surface area contributed by atoms with Gasteiger partial charge >= 0.3 is 0 Å². The topological polar surface area (TPSA) is 81.3 Å². The van der Waals surface area contributed by atoms with Crippen molar-refractivity contribution < 1.29 is 9.59 Å². The van der Waals surface area contributed by atoms with Gasteiger partial charge in [-0.3, -0.25) is 14.5 Å². The Hall–Kier alpha value is -3.19. The fourth-order valence-corrected chi connectivity index (χ4v) is 5.11. The molecule has 33 heavy (non-hydrogen) atoms. The largest absolute Gasteiger partial charge is 0.341 e. The molecule has 5 rings (SSSR count). The molecule has 1 fully saturated rings. The Morgan fingerprint density at radius 1 is 1.12 bits per heavy atom. The number of hydrogen-bond donors (Lipinski definition) is 2. The molecule has 1 atom stereocenters. The van der Waals surface area contributed by atoms with E-state index in [0.717, 1.165) is 53.4 Å². The molecule has 3 aromatic rings. The van der Waals surface area contributed by atoms with E-state index in [0.29, 0.717) is 19.4 Å². The van der Waals surface area contributed by atoms with Gasteiger partial charge in [-0.25, -0.2) is 4.98 Å². The van der Waals surface area contributed by atoms with Crippen LogP contribution in [0.2, 0.25) is 0 Å². The zero-order chi connectivity index (χ0) is 22.8. The van der Waals surface area contributed by atoms with Gasteiger partial charge in [-0.2, -0.15) is 0 Å². The molecule has 0 aliphatic carbocycles. The average molecular weight is 446 g/mol. The highest BCUT2D eigenvalue weighted by Gasteiger charge is 2.30. The number of aromatic nitrogens is 2. The number of piperidine rings is 1. The highest BCUT2D eigenvalue weighted by Crippen LogP contribution is 2.38. The van der Waals surface area contributed by atoms with Crippen LogP contribution in [0.4, 0.5) is 11.4 Å². The second kappa shape index (κ2) is 9.35. The first-order valence-corrected chi connectivity index (χ1v) is 11.9. The predicted octanol–water partition coefficient (Wildman–Crippen LogP) is 4.42. The van der Waals surface area contributed by atoms with Crippen molar-refractivity contribution in [2.45, 2.75) is 51.5 Å². The molecule has 2 amide bonds. The molecule has 2 aliphatic rings. The minimum Gasteiger partial charge on any atom is -0.341 e. The Labute approximate surface area is 194 Å². The number of H-pyrrole nitrogens is 1. The normalized spacial score (nSPS) is 18.5. The van der Waals surface area contributed by atoms with Gasteiger partial charge in [0.2, 0.25) is 11.8 Å². The van der Waals surface area contributed by atoms with Crippen LogP contribution in [0, 0.1) is 0 Å². The lowest BCUT2D eigenvalue weighted by atomic mass is 9.96. The molecule has 0 radical (unpaired) electrons. The third-order valence-electron chi connectivity index (χ3n) is 6.81. The van der Waals surface area contributed by atoms with Gasteiger partial charge in [-0.15, -0.1) is 0 Å². The van der Waals surface area contributed by atoms with Crippen LogP contribution >= 0.6 is 0 Å². The van der Waals surface area contributed by atoms with E-state index in [4.69, 9.17) is 4.98 Å². The molecule has 0 saturated carbocycles. The number of amides is 2. The highest BCUT2D eigenvalue weighted by atomic mass is 16.2. The summed E-state index contributed by atoms with van der Waals surface area (Å²) in [6.07, 6.45) is 4.96. The molecule has 2 aliphatic heterocycles. The second-order valence-corrected chi connectivity index (χ2v) is 9.22. The summed E-state index contributed by atoms with van der Waals surface area (Å²) in [6, 6.07) is 13.8. The number of rotatable bonds is 6. The van der Waals surface area contributed by atoms with Crippen molar-refractivity contribution in [3.05, 3.63) is 53.9 Å². The molecule has 172 valence electrons. The first kappa shape index (κ1) is 21.6. The third kappa shape index (κ3) is 4.78. The van der Waals surface area contributed by atoms with E-state index in [1.165, 1.54) is 19.3 Å². The molecule has 1 aromatic heterocycles. The maximum atomic E-state index is 12.7. The van der Waals surface area contributed by atoms with Gasteiger partial charge in [-0.1, -0.05) is 24.6 Å². The minimum atomic E-state index is -0.0128. The summed E-state index contributed by atoms with van der Waals surface area (Å²) >= 11 is 0. The fraction of sp³-hybridized carbons (Fsp3) is 0.423. The molecule has 2 aromatic carbocycles. The minimum absolute atomic E-state index is 0.0128. The van der Waals surface area contributed by atoms with Crippen LogP contribution in [0.15, 0.2) is 42.5 Å². The summed E-state index contributed by atoms with van der Waals surface area (Å²) in [7, 11) is 0. The summed E-state index contributed by atoms with van der Waals surface area (Å²) in [4.78, 5) is 37.1. The van der Waals surface area contributed by atoms with E-state index < -0.39 is 0 Å². The van der Waals surface area contributed by atoms with Crippen molar-refractivity contribution in [1.29, 1.82) is 0 Å². The number of likely N-dealkylation sites (tertiary alicyclic amines) is 1. The molecule has 7 heteroatoms. The number of imidazole rings is 1. The molecule has 3 heterocycles. The summed E-state index contributed by atoms with van der Waals surface area (Å²) in [5.74, 6) is 1.19. The van der Waals surface area contributed by atoms with E-state index in [9.17, 15) is 9.59 Å². The van der Waals surface area contributed by atoms with Crippen LogP contribution in [0.25, 0.3) is 11.0 Å². The van der Waals surface area contributed by atoms with Crippen LogP contribution in [0.5, 0.6) is 0 Å². The molecule has 7 nitrogen and oxygen atoms in total. The zero-order valence-electron chi connectivity index (χ0n) is 19.1. The summed E-state index contributed by atoms with van der Waals surface area (Å²) < 4.78 is 0. The molecule has 0 spiro atoms. The van der Waals surface area contributed by atoms with Gasteiger partial charge in [0.1, 0.15) is 5.82 Å². The number of anilines is 2. The average Bonchev–Trinajstić information content (AvgIpc) is 3.39. The highest BCUT2D eigenvalue weighted by molar-refractivity contribution is 5.95. The molecule has 2 N–H and O–H groups in total. The van der Waals surface area contributed by atoms with Crippen LogP contribution in [0.3, 0.4) is 0 Å². The second-order valence-electron chi connectivity index (χ2n) is 9.22. The maximum absolute atomic E-state index is 12.7. The van der Waals surface area contributed by atoms with Gasteiger partial charge in [0.05, 0.1) is 17.6 Å². The van der Waals surface area contributed by atoms with Gasteiger partial charge in [-0.05, 0) is 62.2 Å². The maximum Gasteiger partial charge on any atom is 0.224 e. The van der Waals surface area contributed by atoms with Crippen LogP contribution in [0.1, 0.15) is 56.3 Å². The molecule has 1 unspecified atom stereocenters. The Morgan fingerprint density at radius 2 is 1.94 bits per heavy atom. The smallest absolute Gasteiger partial charge is 0.224 e. The van der Waals surface area contributed by atoms with Crippen molar-refractivity contribution in [3.8, 4) is 0 Å². The van der Waals surface area contributed by atoms with Crippen LogP contribution in [-0.2, 0) is 16.1 Å². The van der Waals surface area contributed by atoms with E-state index in [2.05, 4.69) is 21.3 Å². The van der Waals surface area contributed by atoms with E-state index in [-0.39, 0.29) is 17.7 Å². The molecular weight excluding hydrogens is 414 g/mol. The van der Waals surface area contributed by atoms with Gasteiger partial charge in [0.15, 0.2) is 0 Å². The lowest BCUT2D eigenvalue weighted by Gasteiger charge is -2.25. The Kier molecular flexibility index (Phi) is 6.13. The Balaban J connectivity index is 1.19. The fourth-order valence-electron chi connectivity index (χ4n) is 5.11. The molecule has 0 bridgehead atoms. The van der Waals surface area contributed by atoms with E-state index in [1.54, 1.807) is 6.92 Å².